The van der Waals surface area contributed by atoms with E-state index < -0.39 is 16.1 Å². The largest absolute Gasteiger partial charge is 0.329 e. The van der Waals surface area contributed by atoms with Crippen molar-refractivity contribution in [1.29, 1.82) is 0 Å². The van der Waals surface area contributed by atoms with Gasteiger partial charge in [-0.15, -0.1) is 12.4 Å². The highest BCUT2D eigenvalue weighted by Gasteiger charge is 2.34. The van der Waals surface area contributed by atoms with Crippen LogP contribution in [-0.4, -0.2) is 34.1 Å². The van der Waals surface area contributed by atoms with Crippen LogP contribution in [0.2, 0.25) is 5.02 Å². The number of hydrogen-bond donors (Lipinski definition) is 1. The van der Waals surface area contributed by atoms with Gasteiger partial charge in [-0.1, -0.05) is 17.7 Å². The standard InChI is InChI=1S/C12H10ClN3O4S.ClH/c13-8-2-1-7(5-9(8)16(19)20)6-10-11(17)15(4-3-14)12(18)21-10;/h1-2,5-6H,3-4,14H2;1H/b10-6-;. The first kappa shape index (κ1) is 18.4. The summed E-state index contributed by atoms with van der Waals surface area (Å²) in [7, 11) is 0. The summed E-state index contributed by atoms with van der Waals surface area (Å²) in [5.74, 6) is -0.451. The third-order valence-electron chi connectivity index (χ3n) is 2.69. The maximum absolute atomic E-state index is 12.0. The summed E-state index contributed by atoms with van der Waals surface area (Å²) in [5.41, 5.74) is 5.50. The minimum atomic E-state index is -0.611. The average molecular weight is 364 g/mol. The first-order valence-electron chi connectivity index (χ1n) is 5.83. The molecule has 1 fully saturated rings. The van der Waals surface area contributed by atoms with E-state index in [0.717, 1.165) is 16.7 Å². The van der Waals surface area contributed by atoms with E-state index in [2.05, 4.69) is 0 Å². The number of amides is 2. The van der Waals surface area contributed by atoms with Crippen molar-refractivity contribution in [3.63, 3.8) is 0 Å². The topological polar surface area (TPSA) is 107 Å². The van der Waals surface area contributed by atoms with Crippen LogP contribution in [0.4, 0.5) is 10.5 Å². The number of thioether (sulfide) groups is 1. The molecule has 118 valence electrons. The third kappa shape index (κ3) is 3.77. The molecule has 0 spiro atoms. The van der Waals surface area contributed by atoms with E-state index in [9.17, 15) is 19.7 Å². The number of carbonyl (C=O) groups excluding carboxylic acids is 2. The summed E-state index contributed by atoms with van der Waals surface area (Å²) in [6.07, 6.45) is 1.42. The van der Waals surface area contributed by atoms with Crippen LogP contribution in [0.5, 0.6) is 0 Å². The lowest BCUT2D eigenvalue weighted by molar-refractivity contribution is -0.384. The highest BCUT2D eigenvalue weighted by Crippen LogP contribution is 2.33. The number of halogens is 2. The Morgan fingerprint density at radius 2 is 2.09 bits per heavy atom. The van der Waals surface area contributed by atoms with Crippen molar-refractivity contribution >= 4 is 58.7 Å². The van der Waals surface area contributed by atoms with Crippen molar-refractivity contribution in [2.75, 3.05) is 13.1 Å². The van der Waals surface area contributed by atoms with Gasteiger partial charge in [0, 0.05) is 19.2 Å². The Hall–Kier alpha value is -1.61. The average Bonchev–Trinajstić information content (AvgIpc) is 2.69. The molecule has 1 aliphatic heterocycles. The highest BCUT2D eigenvalue weighted by molar-refractivity contribution is 8.18. The second kappa shape index (κ2) is 7.59. The normalized spacial score (nSPS) is 16.1. The van der Waals surface area contributed by atoms with Crippen LogP contribution in [0.3, 0.4) is 0 Å². The van der Waals surface area contributed by atoms with Crippen LogP contribution in [-0.2, 0) is 4.79 Å². The summed E-state index contributed by atoms with van der Waals surface area (Å²) < 4.78 is 0. The zero-order valence-electron chi connectivity index (χ0n) is 11.0. The van der Waals surface area contributed by atoms with Gasteiger partial charge in [-0.25, -0.2) is 0 Å². The minimum Gasteiger partial charge on any atom is -0.329 e. The molecule has 0 atom stereocenters. The molecule has 1 saturated heterocycles. The number of nitro groups is 1. The van der Waals surface area contributed by atoms with Gasteiger partial charge < -0.3 is 5.73 Å². The van der Waals surface area contributed by atoms with Crippen molar-refractivity contribution in [2.45, 2.75) is 0 Å². The Bertz CT molecular complexity index is 666. The number of imide groups is 1. The molecule has 1 aromatic rings. The quantitative estimate of drug-likeness (QED) is 0.500. The Kier molecular flexibility index (Phi) is 6.36. The minimum absolute atomic E-state index is 0. The maximum atomic E-state index is 12.0. The molecule has 0 saturated carbocycles. The third-order valence-corrected chi connectivity index (χ3v) is 3.92. The van der Waals surface area contributed by atoms with E-state index in [1.165, 1.54) is 24.3 Å². The second-order valence-corrected chi connectivity index (χ2v) is 5.49. The molecule has 0 radical (unpaired) electrons. The van der Waals surface area contributed by atoms with Crippen molar-refractivity contribution in [1.82, 2.24) is 4.90 Å². The summed E-state index contributed by atoms with van der Waals surface area (Å²) >= 11 is 6.49. The van der Waals surface area contributed by atoms with Gasteiger partial charge in [-0.3, -0.25) is 24.6 Å². The molecule has 22 heavy (non-hydrogen) atoms. The lowest BCUT2D eigenvalue weighted by atomic mass is 10.2. The zero-order chi connectivity index (χ0) is 15.6. The van der Waals surface area contributed by atoms with E-state index in [1.807, 2.05) is 0 Å². The predicted octanol–water partition coefficient (Wildman–Crippen LogP) is 2.67. The molecule has 7 nitrogen and oxygen atoms in total. The van der Waals surface area contributed by atoms with Crippen molar-refractivity contribution < 1.29 is 14.5 Å². The van der Waals surface area contributed by atoms with Crippen LogP contribution in [0, 0.1) is 10.1 Å². The highest BCUT2D eigenvalue weighted by atomic mass is 35.5. The van der Waals surface area contributed by atoms with Gasteiger partial charge in [0.2, 0.25) is 0 Å². The Morgan fingerprint density at radius 1 is 1.41 bits per heavy atom. The Labute approximate surface area is 141 Å². The fraction of sp³-hybridized carbons (Fsp3) is 0.167. The number of hydrogen-bond acceptors (Lipinski definition) is 6. The van der Waals surface area contributed by atoms with E-state index >= 15 is 0 Å². The number of rotatable bonds is 4. The molecule has 1 aromatic carbocycles. The smallest absolute Gasteiger partial charge is 0.293 e. The van der Waals surface area contributed by atoms with Gasteiger partial charge in [-0.2, -0.15) is 0 Å². The number of carbonyl (C=O) groups is 2. The van der Waals surface area contributed by atoms with Gasteiger partial charge in [0.1, 0.15) is 5.02 Å². The van der Waals surface area contributed by atoms with Crippen LogP contribution < -0.4 is 5.73 Å². The number of nitro benzene ring substituents is 1. The monoisotopic (exact) mass is 363 g/mol. The first-order valence-corrected chi connectivity index (χ1v) is 7.03. The number of nitrogens with zero attached hydrogens (tertiary/aromatic N) is 2. The molecule has 2 amide bonds. The van der Waals surface area contributed by atoms with E-state index in [4.69, 9.17) is 17.3 Å². The van der Waals surface area contributed by atoms with Gasteiger partial charge in [-0.05, 0) is 29.5 Å². The van der Waals surface area contributed by atoms with Crippen LogP contribution >= 0.6 is 35.8 Å². The Morgan fingerprint density at radius 3 is 2.68 bits per heavy atom. The van der Waals surface area contributed by atoms with Crippen molar-refractivity contribution in [3.8, 4) is 0 Å². The second-order valence-electron chi connectivity index (χ2n) is 4.09. The van der Waals surface area contributed by atoms with E-state index in [-0.39, 0.29) is 41.1 Å². The fourth-order valence-electron chi connectivity index (χ4n) is 1.73. The summed E-state index contributed by atoms with van der Waals surface area (Å²) in [5, 5.41) is 10.4. The van der Waals surface area contributed by atoms with Crippen LogP contribution in [0.1, 0.15) is 5.56 Å². The molecule has 1 aliphatic rings. The van der Waals surface area contributed by atoms with Gasteiger partial charge in [0.25, 0.3) is 16.8 Å². The molecule has 1 heterocycles. The molecule has 0 unspecified atom stereocenters. The zero-order valence-corrected chi connectivity index (χ0v) is 13.4. The Balaban J connectivity index is 0.00000242. The fourth-order valence-corrected chi connectivity index (χ4v) is 2.78. The molecule has 0 bridgehead atoms. The van der Waals surface area contributed by atoms with Crippen molar-refractivity contribution in [2.24, 2.45) is 5.73 Å². The molecule has 0 aliphatic carbocycles. The summed E-state index contributed by atoms with van der Waals surface area (Å²) in [4.78, 5) is 35.1. The first-order chi connectivity index (χ1) is 9.93. The van der Waals surface area contributed by atoms with Crippen LogP contribution in [0.25, 0.3) is 6.08 Å². The molecule has 2 rings (SSSR count). The SMILES string of the molecule is Cl.NCCN1C(=O)S/C(=C\c2ccc(Cl)c([N+](=O)[O-])c2)C1=O. The van der Waals surface area contributed by atoms with Gasteiger partial charge >= 0.3 is 0 Å². The number of benzene rings is 1. The molecular weight excluding hydrogens is 353 g/mol. The maximum Gasteiger partial charge on any atom is 0.293 e. The lowest BCUT2D eigenvalue weighted by Crippen LogP contribution is -2.33. The number of nitrogens with two attached hydrogens (primary N) is 1. The van der Waals surface area contributed by atoms with Gasteiger partial charge in [0.05, 0.1) is 9.83 Å². The van der Waals surface area contributed by atoms with E-state index in [0.29, 0.717) is 5.56 Å². The van der Waals surface area contributed by atoms with Crippen molar-refractivity contribution in [3.05, 3.63) is 43.8 Å². The molecule has 10 heteroatoms. The van der Waals surface area contributed by atoms with Crippen LogP contribution in [0.15, 0.2) is 23.1 Å². The van der Waals surface area contributed by atoms with E-state index in [1.54, 1.807) is 0 Å². The predicted molar refractivity (Wildman–Crippen MR) is 87.1 cm³/mol. The van der Waals surface area contributed by atoms with Gasteiger partial charge in [0.15, 0.2) is 0 Å². The molecule has 0 aromatic heterocycles. The molecular formula is C12H11Cl2N3O4S. The summed E-state index contributed by atoms with van der Waals surface area (Å²) in [6.45, 7) is 0.320. The summed E-state index contributed by atoms with van der Waals surface area (Å²) in [6, 6.07) is 4.15. The lowest BCUT2D eigenvalue weighted by Gasteiger charge is -2.09. The molecule has 2 N–H and O–H groups in total.